The molecule has 1 aliphatic heterocycles. The maximum atomic E-state index is 12.1. The molecule has 3 amide bonds. The number of imide groups is 1. The first-order valence-corrected chi connectivity index (χ1v) is 7.13. The number of nitrogens with one attached hydrogen (secondary N) is 1. The Morgan fingerprint density at radius 3 is 3.06 bits per heavy atom. The minimum atomic E-state index is -0.347. The van der Waals surface area contributed by atoms with E-state index < -0.39 is 0 Å². The summed E-state index contributed by atoms with van der Waals surface area (Å²) in [6.45, 7) is 2.74. The lowest BCUT2D eigenvalue weighted by Crippen LogP contribution is -2.38. The van der Waals surface area contributed by atoms with Crippen LogP contribution in [-0.4, -0.2) is 40.2 Å². The highest BCUT2D eigenvalue weighted by molar-refractivity contribution is 9.10. The monoisotopic (exact) mass is 329 g/mol. The van der Waals surface area contributed by atoms with E-state index in [-0.39, 0.29) is 17.2 Å². The summed E-state index contributed by atoms with van der Waals surface area (Å²) in [7, 11) is 0. The predicted octanol–water partition coefficient (Wildman–Crippen LogP) is 1.88. The van der Waals surface area contributed by atoms with E-state index in [1.54, 1.807) is 13.1 Å². The van der Waals surface area contributed by atoms with Crippen molar-refractivity contribution in [3.8, 4) is 0 Å². The van der Waals surface area contributed by atoms with Crippen molar-refractivity contribution in [2.45, 2.75) is 17.2 Å². The first-order valence-electron chi connectivity index (χ1n) is 5.46. The van der Waals surface area contributed by atoms with Crippen molar-refractivity contribution in [1.29, 1.82) is 0 Å². The molecule has 0 aromatic carbocycles. The van der Waals surface area contributed by atoms with Crippen molar-refractivity contribution in [2.24, 2.45) is 0 Å². The molecule has 1 aromatic heterocycles. The van der Waals surface area contributed by atoms with E-state index in [1.807, 2.05) is 12.1 Å². The molecule has 7 heteroatoms. The second-order valence-electron chi connectivity index (χ2n) is 3.77. The first-order chi connectivity index (χ1) is 8.59. The van der Waals surface area contributed by atoms with Crippen molar-refractivity contribution < 1.29 is 9.59 Å². The second-order valence-corrected chi connectivity index (χ2v) is 5.96. The van der Waals surface area contributed by atoms with E-state index >= 15 is 0 Å². The number of pyridine rings is 1. The van der Waals surface area contributed by atoms with Crippen molar-refractivity contribution in [3.63, 3.8) is 0 Å². The van der Waals surface area contributed by atoms with Crippen LogP contribution in [0, 0.1) is 0 Å². The number of aromatic nitrogens is 1. The van der Waals surface area contributed by atoms with Gasteiger partial charge >= 0.3 is 6.03 Å². The summed E-state index contributed by atoms with van der Waals surface area (Å²) < 4.78 is 0.848. The van der Waals surface area contributed by atoms with E-state index in [1.165, 1.54) is 16.7 Å². The molecule has 1 atom stereocenters. The third-order valence-electron chi connectivity index (χ3n) is 2.48. The summed E-state index contributed by atoms with van der Waals surface area (Å²) in [6.07, 6.45) is 1.67. The SMILES string of the molecule is C[C@@H](Sc1ncccc1Br)C(=O)N1CCNC1=O. The summed E-state index contributed by atoms with van der Waals surface area (Å²) in [5.74, 6) is -0.187. The van der Waals surface area contributed by atoms with E-state index in [4.69, 9.17) is 0 Å². The van der Waals surface area contributed by atoms with Crippen molar-refractivity contribution in [3.05, 3.63) is 22.8 Å². The average molecular weight is 330 g/mol. The number of carbonyl (C=O) groups is 2. The van der Waals surface area contributed by atoms with Crippen LogP contribution in [0.1, 0.15) is 6.92 Å². The fourth-order valence-electron chi connectivity index (χ4n) is 1.58. The molecular weight excluding hydrogens is 318 g/mol. The van der Waals surface area contributed by atoms with Gasteiger partial charge in [0.15, 0.2) is 0 Å². The number of hydrogen-bond donors (Lipinski definition) is 1. The lowest BCUT2D eigenvalue weighted by Gasteiger charge is -2.17. The average Bonchev–Trinajstić information content (AvgIpc) is 2.77. The highest BCUT2D eigenvalue weighted by Gasteiger charge is 2.30. The zero-order valence-corrected chi connectivity index (χ0v) is 12.1. The maximum Gasteiger partial charge on any atom is 0.324 e. The first kappa shape index (κ1) is 13.4. The molecule has 0 aliphatic carbocycles. The number of thioether (sulfide) groups is 1. The molecule has 96 valence electrons. The molecule has 0 radical (unpaired) electrons. The summed E-state index contributed by atoms with van der Waals surface area (Å²) >= 11 is 4.72. The van der Waals surface area contributed by atoms with Crippen molar-refractivity contribution >= 4 is 39.6 Å². The molecule has 1 N–H and O–H groups in total. The Labute approximate surface area is 117 Å². The van der Waals surface area contributed by atoms with Crippen LogP contribution in [0.5, 0.6) is 0 Å². The van der Waals surface area contributed by atoms with Gasteiger partial charge < -0.3 is 5.32 Å². The fourth-order valence-corrected chi connectivity index (χ4v) is 2.98. The number of rotatable bonds is 3. The number of carbonyl (C=O) groups excluding carboxylic acids is 2. The zero-order valence-electron chi connectivity index (χ0n) is 9.72. The van der Waals surface area contributed by atoms with Crippen LogP contribution in [0.25, 0.3) is 0 Å². The van der Waals surface area contributed by atoms with Crippen LogP contribution in [0.2, 0.25) is 0 Å². The molecular formula is C11H12BrN3O2S. The molecule has 2 rings (SSSR count). The summed E-state index contributed by atoms with van der Waals surface area (Å²) in [5, 5.41) is 3.01. The second kappa shape index (κ2) is 5.71. The number of halogens is 1. The Morgan fingerprint density at radius 1 is 1.67 bits per heavy atom. The van der Waals surface area contributed by atoms with Crippen LogP contribution < -0.4 is 5.32 Å². The Kier molecular flexibility index (Phi) is 4.23. The number of nitrogens with zero attached hydrogens (tertiary/aromatic N) is 2. The number of urea groups is 1. The standard InChI is InChI=1S/C11H12BrN3O2S/c1-7(10(16)15-6-5-14-11(15)17)18-9-8(12)3-2-4-13-9/h2-4,7H,5-6H2,1H3,(H,14,17)/t7-/m1/s1. The topological polar surface area (TPSA) is 62.3 Å². The quantitative estimate of drug-likeness (QED) is 0.860. The van der Waals surface area contributed by atoms with E-state index in [9.17, 15) is 9.59 Å². The van der Waals surface area contributed by atoms with Crippen LogP contribution in [0.4, 0.5) is 4.79 Å². The van der Waals surface area contributed by atoms with Crippen LogP contribution >= 0.6 is 27.7 Å². The molecule has 5 nitrogen and oxygen atoms in total. The fraction of sp³-hybridized carbons (Fsp3) is 0.364. The van der Waals surface area contributed by atoms with Crippen LogP contribution in [0.3, 0.4) is 0 Å². The molecule has 1 fully saturated rings. The van der Waals surface area contributed by atoms with Gasteiger partial charge in [0.2, 0.25) is 5.91 Å². The van der Waals surface area contributed by atoms with E-state index in [0.29, 0.717) is 13.1 Å². The van der Waals surface area contributed by atoms with Crippen molar-refractivity contribution in [2.75, 3.05) is 13.1 Å². The molecule has 18 heavy (non-hydrogen) atoms. The number of hydrogen-bond acceptors (Lipinski definition) is 4. The third kappa shape index (κ3) is 2.84. The normalized spacial score (nSPS) is 16.6. The lowest BCUT2D eigenvalue weighted by atomic mass is 10.4. The molecule has 1 aromatic rings. The summed E-state index contributed by atoms with van der Waals surface area (Å²) in [6, 6.07) is 3.37. The Morgan fingerprint density at radius 2 is 2.44 bits per heavy atom. The van der Waals surface area contributed by atoms with Gasteiger partial charge in [0.1, 0.15) is 5.03 Å². The summed E-state index contributed by atoms with van der Waals surface area (Å²) in [4.78, 5) is 28.9. The summed E-state index contributed by atoms with van der Waals surface area (Å²) in [5.41, 5.74) is 0. The minimum Gasteiger partial charge on any atom is -0.336 e. The van der Waals surface area contributed by atoms with Gasteiger partial charge in [0.05, 0.1) is 5.25 Å². The largest absolute Gasteiger partial charge is 0.336 e. The van der Waals surface area contributed by atoms with Gasteiger partial charge in [0.25, 0.3) is 0 Å². The molecule has 0 unspecified atom stereocenters. The Bertz CT molecular complexity index is 483. The highest BCUT2D eigenvalue weighted by atomic mass is 79.9. The lowest BCUT2D eigenvalue weighted by molar-refractivity contribution is -0.126. The minimum absolute atomic E-state index is 0.187. The Hall–Kier alpha value is -1.08. The van der Waals surface area contributed by atoms with Crippen LogP contribution in [-0.2, 0) is 4.79 Å². The van der Waals surface area contributed by atoms with Gasteiger partial charge in [-0.3, -0.25) is 9.69 Å². The molecule has 0 saturated carbocycles. The van der Waals surface area contributed by atoms with Gasteiger partial charge in [-0.2, -0.15) is 0 Å². The molecule has 0 bridgehead atoms. The highest BCUT2D eigenvalue weighted by Crippen LogP contribution is 2.29. The van der Waals surface area contributed by atoms with Gasteiger partial charge in [-0.1, -0.05) is 11.8 Å². The van der Waals surface area contributed by atoms with Gasteiger partial charge in [-0.15, -0.1) is 0 Å². The molecule has 1 saturated heterocycles. The van der Waals surface area contributed by atoms with Gasteiger partial charge in [-0.05, 0) is 35.0 Å². The van der Waals surface area contributed by atoms with Crippen molar-refractivity contribution in [1.82, 2.24) is 15.2 Å². The number of amides is 3. The Balaban J connectivity index is 2.04. The van der Waals surface area contributed by atoms with Gasteiger partial charge in [-0.25, -0.2) is 9.78 Å². The van der Waals surface area contributed by atoms with Crippen LogP contribution in [0.15, 0.2) is 27.8 Å². The smallest absolute Gasteiger partial charge is 0.324 e. The maximum absolute atomic E-state index is 12.1. The molecule has 1 aliphatic rings. The molecule has 0 spiro atoms. The third-order valence-corrected chi connectivity index (χ3v) is 4.49. The predicted molar refractivity (Wildman–Crippen MR) is 72.4 cm³/mol. The van der Waals surface area contributed by atoms with Gasteiger partial charge in [0, 0.05) is 23.8 Å². The van der Waals surface area contributed by atoms with E-state index in [2.05, 4.69) is 26.2 Å². The molecule has 2 heterocycles. The van der Waals surface area contributed by atoms with E-state index in [0.717, 1.165) is 9.50 Å². The zero-order chi connectivity index (χ0) is 13.1.